The molecule has 0 fully saturated rings. The van der Waals surface area contributed by atoms with Gasteiger partial charge in [0.05, 0.1) is 5.56 Å². The zero-order chi connectivity index (χ0) is 21.5. The molecule has 158 valence electrons. The van der Waals surface area contributed by atoms with E-state index in [1.807, 2.05) is 0 Å². The third-order valence-corrected chi connectivity index (χ3v) is 5.47. The van der Waals surface area contributed by atoms with Gasteiger partial charge < -0.3 is 11.1 Å². The molecule has 2 amide bonds. The van der Waals surface area contributed by atoms with Gasteiger partial charge in [0.1, 0.15) is 5.00 Å². The Morgan fingerprint density at radius 1 is 1.00 bits per heavy atom. The fraction of sp³-hybridized carbons (Fsp3) is 0.600. The number of primary amides is 1. The minimum atomic E-state index is -6.68. The van der Waals surface area contributed by atoms with E-state index in [1.54, 1.807) is 0 Å². The van der Waals surface area contributed by atoms with Gasteiger partial charge in [-0.3, -0.25) is 9.59 Å². The molecule has 1 aromatic heterocycles. The first-order valence-electron chi connectivity index (χ1n) is 7.92. The Morgan fingerprint density at radius 3 is 2.11 bits per heavy atom. The van der Waals surface area contributed by atoms with Crippen LogP contribution in [0.2, 0.25) is 0 Å². The summed E-state index contributed by atoms with van der Waals surface area (Å²) in [6.07, 6.45) is -2.32. The monoisotopic (exact) mass is 438 g/mol. The molecule has 0 saturated heterocycles. The molecule has 1 aliphatic carbocycles. The summed E-state index contributed by atoms with van der Waals surface area (Å²) in [5, 5.41) is 0.687. The summed E-state index contributed by atoms with van der Waals surface area (Å²) in [5.74, 6) is -23.4. The first-order chi connectivity index (χ1) is 12.7. The first-order valence-corrected chi connectivity index (χ1v) is 8.74. The number of carbonyl (C=O) groups is 2. The highest BCUT2D eigenvalue weighted by molar-refractivity contribution is 7.17. The number of hydrogen-bond acceptors (Lipinski definition) is 3. The Labute approximate surface area is 157 Å². The van der Waals surface area contributed by atoms with Crippen molar-refractivity contribution in [2.75, 3.05) is 5.32 Å². The molecule has 0 aromatic carbocycles. The van der Waals surface area contributed by atoms with E-state index in [2.05, 4.69) is 0 Å². The van der Waals surface area contributed by atoms with Crippen molar-refractivity contribution in [3.8, 4) is 0 Å². The second-order valence-electron chi connectivity index (χ2n) is 6.16. The number of anilines is 1. The average molecular weight is 438 g/mol. The number of nitrogens with one attached hydrogen (secondary N) is 1. The van der Waals surface area contributed by atoms with Crippen molar-refractivity contribution in [3.05, 3.63) is 16.0 Å². The summed E-state index contributed by atoms with van der Waals surface area (Å²) in [4.78, 5) is 23.8. The van der Waals surface area contributed by atoms with E-state index >= 15 is 0 Å². The molecule has 13 heteroatoms. The van der Waals surface area contributed by atoms with Crippen molar-refractivity contribution >= 4 is 28.2 Å². The molecular formula is C15H14F8N2O2S. The van der Waals surface area contributed by atoms with Crippen LogP contribution in [0.1, 0.15) is 40.1 Å². The molecule has 1 aliphatic rings. The average Bonchev–Trinajstić information content (AvgIpc) is 2.75. The Morgan fingerprint density at radius 2 is 1.57 bits per heavy atom. The van der Waals surface area contributed by atoms with Gasteiger partial charge in [-0.2, -0.15) is 26.3 Å². The summed E-state index contributed by atoms with van der Waals surface area (Å²) in [6, 6.07) is 0. The van der Waals surface area contributed by atoms with Crippen LogP contribution in [0, 0.1) is 0 Å². The number of thiophene rings is 1. The van der Waals surface area contributed by atoms with Gasteiger partial charge in [-0.25, -0.2) is 8.78 Å². The van der Waals surface area contributed by atoms with Crippen LogP contribution in [0.4, 0.5) is 40.1 Å². The third-order valence-electron chi connectivity index (χ3n) is 4.27. The van der Waals surface area contributed by atoms with Crippen molar-refractivity contribution in [1.82, 2.24) is 0 Å². The Bertz CT molecular complexity index is 778. The number of alkyl halides is 8. The molecule has 0 bridgehead atoms. The van der Waals surface area contributed by atoms with Crippen molar-refractivity contribution in [2.45, 2.75) is 56.3 Å². The number of amides is 2. The summed E-state index contributed by atoms with van der Waals surface area (Å²) in [7, 11) is 0. The second kappa shape index (κ2) is 7.48. The van der Waals surface area contributed by atoms with Crippen molar-refractivity contribution < 1.29 is 44.7 Å². The molecule has 1 aromatic rings. The van der Waals surface area contributed by atoms with Crippen LogP contribution in [-0.2, 0) is 17.6 Å². The normalized spacial score (nSPS) is 15.9. The van der Waals surface area contributed by atoms with Crippen LogP contribution < -0.4 is 11.1 Å². The van der Waals surface area contributed by atoms with Crippen molar-refractivity contribution in [1.29, 1.82) is 0 Å². The van der Waals surface area contributed by atoms with Gasteiger partial charge in [0.25, 0.3) is 5.91 Å². The SMILES string of the molecule is NC(=O)c1c(NC(=O)C(F)(F)C(F)(F)C(F)(F)C(F)F)sc2c1CCCCC2. The van der Waals surface area contributed by atoms with E-state index in [0.717, 1.165) is 6.42 Å². The largest absolute Gasteiger partial charge is 0.393 e. The van der Waals surface area contributed by atoms with E-state index in [4.69, 9.17) is 5.73 Å². The van der Waals surface area contributed by atoms with Crippen LogP contribution in [0.15, 0.2) is 0 Å². The number of carbonyl (C=O) groups excluding carboxylic acids is 2. The third kappa shape index (κ3) is 3.55. The fourth-order valence-electron chi connectivity index (χ4n) is 2.76. The predicted octanol–water partition coefficient (Wildman–Crippen LogP) is 4.23. The molecule has 4 nitrogen and oxygen atoms in total. The minimum Gasteiger partial charge on any atom is -0.365 e. The van der Waals surface area contributed by atoms with Gasteiger partial charge in [-0.05, 0) is 31.2 Å². The number of nitrogens with two attached hydrogens (primary N) is 1. The highest BCUT2D eigenvalue weighted by Crippen LogP contribution is 2.49. The highest BCUT2D eigenvalue weighted by Gasteiger charge is 2.78. The molecule has 0 atom stereocenters. The fourth-order valence-corrected chi connectivity index (χ4v) is 4.05. The second-order valence-corrected chi connectivity index (χ2v) is 7.26. The summed E-state index contributed by atoms with van der Waals surface area (Å²) >= 11 is 0.626. The van der Waals surface area contributed by atoms with Gasteiger partial charge in [0.15, 0.2) is 0 Å². The van der Waals surface area contributed by atoms with Gasteiger partial charge in [-0.1, -0.05) is 6.42 Å². The molecule has 0 radical (unpaired) electrons. The van der Waals surface area contributed by atoms with Crippen LogP contribution in [-0.4, -0.2) is 36.0 Å². The Kier molecular flexibility index (Phi) is 5.98. The lowest BCUT2D eigenvalue weighted by Gasteiger charge is -2.31. The molecule has 1 heterocycles. The lowest BCUT2D eigenvalue weighted by atomic mass is 10.0. The van der Waals surface area contributed by atoms with Crippen molar-refractivity contribution in [2.24, 2.45) is 5.73 Å². The van der Waals surface area contributed by atoms with Gasteiger partial charge >= 0.3 is 30.1 Å². The number of hydrogen-bond donors (Lipinski definition) is 2. The Hall–Kier alpha value is -1.92. The molecule has 2 rings (SSSR count). The van der Waals surface area contributed by atoms with Crippen LogP contribution in [0.5, 0.6) is 0 Å². The number of aryl methyl sites for hydroxylation is 1. The molecule has 0 unspecified atom stereocenters. The number of fused-ring (bicyclic) bond motifs is 1. The maximum absolute atomic E-state index is 13.7. The van der Waals surface area contributed by atoms with Crippen LogP contribution in [0.3, 0.4) is 0 Å². The van der Waals surface area contributed by atoms with E-state index in [0.29, 0.717) is 47.5 Å². The molecular weight excluding hydrogens is 424 g/mol. The topological polar surface area (TPSA) is 72.2 Å². The zero-order valence-electron chi connectivity index (χ0n) is 13.9. The first kappa shape index (κ1) is 22.4. The number of halogens is 8. The summed E-state index contributed by atoms with van der Waals surface area (Å²) < 4.78 is 104. The van der Waals surface area contributed by atoms with Crippen molar-refractivity contribution in [3.63, 3.8) is 0 Å². The van der Waals surface area contributed by atoms with E-state index in [9.17, 15) is 44.7 Å². The molecule has 28 heavy (non-hydrogen) atoms. The highest BCUT2D eigenvalue weighted by atomic mass is 32.1. The Balaban J connectivity index is 2.40. The van der Waals surface area contributed by atoms with Crippen LogP contribution >= 0.6 is 11.3 Å². The van der Waals surface area contributed by atoms with E-state index in [-0.39, 0.29) is 5.56 Å². The number of rotatable bonds is 6. The van der Waals surface area contributed by atoms with E-state index < -0.39 is 41.0 Å². The lowest BCUT2D eigenvalue weighted by molar-refractivity contribution is -0.326. The predicted molar refractivity (Wildman–Crippen MR) is 83.6 cm³/mol. The summed E-state index contributed by atoms with van der Waals surface area (Å²) in [5.41, 5.74) is 5.16. The van der Waals surface area contributed by atoms with Crippen LogP contribution in [0.25, 0.3) is 0 Å². The van der Waals surface area contributed by atoms with Gasteiger partial charge in [0.2, 0.25) is 0 Å². The maximum atomic E-state index is 13.7. The van der Waals surface area contributed by atoms with Gasteiger partial charge in [0, 0.05) is 4.88 Å². The molecule has 0 saturated carbocycles. The summed E-state index contributed by atoms with van der Waals surface area (Å²) in [6.45, 7) is 0. The molecule has 3 N–H and O–H groups in total. The van der Waals surface area contributed by atoms with Gasteiger partial charge in [-0.15, -0.1) is 11.3 Å². The quantitative estimate of drug-likeness (QED) is 0.516. The lowest BCUT2D eigenvalue weighted by Crippen LogP contribution is -2.61. The maximum Gasteiger partial charge on any atom is 0.393 e. The smallest absolute Gasteiger partial charge is 0.365 e. The minimum absolute atomic E-state index is 0.315. The zero-order valence-corrected chi connectivity index (χ0v) is 14.8. The molecule has 0 spiro atoms. The standard InChI is InChI=1S/C15H14F8N2O2S/c16-11(17)13(18,19)15(22,23)14(20,21)12(27)25-10-8(9(24)26)6-4-2-1-3-5-7(6)28-10/h11H,1-5H2,(H2,24,26)(H,25,27). The van der Waals surface area contributed by atoms with E-state index in [1.165, 1.54) is 5.32 Å². The molecule has 0 aliphatic heterocycles.